The first-order valence-electron chi connectivity index (χ1n) is 16.3. The average molecular weight is 532 g/mol. The second-order valence-corrected chi connectivity index (χ2v) is 11.4. The van der Waals surface area contributed by atoms with Gasteiger partial charge in [-0.15, -0.1) is 0 Å². The molecule has 1 unspecified atom stereocenters. The number of hydrogen-bond donors (Lipinski definition) is 3. The maximum absolute atomic E-state index is 12.3. The Bertz CT molecular complexity index is 636. The number of aliphatic hydroxyl groups excluding tert-OH is 2. The topological polar surface area (TPSA) is 69.6 Å². The van der Waals surface area contributed by atoms with E-state index in [0.29, 0.717) is 12.8 Å². The van der Waals surface area contributed by atoms with E-state index in [1.54, 1.807) is 0 Å². The monoisotopic (exact) mass is 531 g/mol. The van der Waals surface area contributed by atoms with Crippen LogP contribution < -0.4 is 5.32 Å². The number of rotatable bonds is 27. The van der Waals surface area contributed by atoms with Gasteiger partial charge in [0.25, 0.3) is 0 Å². The van der Waals surface area contributed by atoms with E-state index in [9.17, 15) is 15.0 Å². The number of hydrogen-bond acceptors (Lipinski definition) is 3. The first-order chi connectivity index (χ1) is 18.7. The van der Waals surface area contributed by atoms with Crippen LogP contribution in [0.3, 0.4) is 0 Å². The first kappa shape index (κ1) is 34.6. The Morgan fingerprint density at radius 2 is 1.16 bits per heavy atom. The highest BCUT2D eigenvalue weighted by Crippen LogP contribution is 2.15. The molecule has 4 heteroatoms. The maximum Gasteiger partial charge on any atom is 0.220 e. The molecule has 220 valence electrons. The number of unbranched alkanes of at least 4 members (excludes halogenated alkanes) is 18. The third-order valence-corrected chi connectivity index (χ3v) is 7.82. The third kappa shape index (κ3) is 20.6. The summed E-state index contributed by atoms with van der Waals surface area (Å²) in [5.41, 5.74) is 1.43. The summed E-state index contributed by atoms with van der Waals surface area (Å²) >= 11 is 0. The molecular formula is C34H61NO3. The highest BCUT2D eigenvalue weighted by molar-refractivity contribution is 5.76. The summed E-state index contributed by atoms with van der Waals surface area (Å²) in [6.45, 7) is 2.07. The van der Waals surface area contributed by atoms with Crippen molar-refractivity contribution in [1.29, 1.82) is 0 Å². The zero-order chi connectivity index (χ0) is 27.5. The molecule has 0 aliphatic rings. The van der Waals surface area contributed by atoms with Crippen molar-refractivity contribution >= 4 is 5.91 Å². The standard InChI is InChI=1S/C34H61NO3/c1-2-3-4-5-6-7-8-9-10-11-14-17-23-28-33(37)32(30-36)35-34(38)29-24-18-15-12-13-16-20-25-31-26-21-19-22-27-31/h19,21-22,26-27,32-33,36-37H,2-18,20,23-25,28-30H2,1H3,(H,35,38)/t32-,33?/m0/s1. The van der Waals surface area contributed by atoms with Gasteiger partial charge < -0.3 is 15.5 Å². The van der Waals surface area contributed by atoms with Gasteiger partial charge in [-0.3, -0.25) is 4.79 Å². The lowest BCUT2D eigenvalue weighted by Crippen LogP contribution is -2.45. The van der Waals surface area contributed by atoms with E-state index in [0.717, 1.165) is 32.1 Å². The second-order valence-electron chi connectivity index (χ2n) is 11.4. The van der Waals surface area contributed by atoms with Crippen LogP contribution in [0.5, 0.6) is 0 Å². The number of carbonyl (C=O) groups excluding carboxylic acids is 1. The van der Waals surface area contributed by atoms with E-state index in [2.05, 4.69) is 42.6 Å². The summed E-state index contributed by atoms with van der Waals surface area (Å²) in [5.74, 6) is -0.0451. The lowest BCUT2D eigenvalue weighted by molar-refractivity contribution is -0.123. The number of benzene rings is 1. The van der Waals surface area contributed by atoms with Gasteiger partial charge in [0.05, 0.1) is 18.8 Å². The second kappa shape index (κ2) is 25.9. The Morgan fingerprint density at radius 3 is 1.68 bits per heavy atom. The van der Waals surface area contributed by atoms with Gasteiger partial charge in [0.15, 0.2) is 0 Å². The largest absolute Gasteiger partial charge is 0.394 e. The van der Waals surface area contributed by atoms with Crippen LogP contribution in [-0.4, -0.2) is 34.9 Å². The van der Waals surface area contributed by atoms with E-state index in [1.807, 2.05) is 0 Å². The highest BCUT2D eigenvalue weighted by Gasteiger charge is 2.19. The fourth-order valence-electron chi connectivity index (χ4n) is 5.26. The van der Waals surface area contributed by atoms with Crippen molar-refractivity contribution in [2.45, 2.75) is 167 Å². The summed E-state index contributed by atoms with van der Waals surface area (Å²) in [4.78, 5) is 12.3. The van der Waals surface area contributed by atoms with Crippen molar-refractivity contribution < 1.29 is 15.0 Å². The van der Waals surface area contributed by atoms with Crippen molar-refractivity contribution in [3.05, 3.63) is 35.9 Å². The van der Waals surface area contributed by atoms with E-state index in [-0.39, 0.29) is 12.5 Å². The number of aryl methyl sites for hydroxylation is 1. The van der Waals surface area contributed by atoms with Crippen LogP contribution in [0.2, 0.25) is 0 Å². The van der Waals surface area contributed by atoms with E-state index < -0.39 is 12.1 Å². The van der Waals surface area contributed by atoms with Crippen LogP contribution in [0.15, 0.2) is 30.3 Å². The third-order valence-electron chi connectivity index (χ3n) is 7.82. The number of aliphatic hydroxyl groups is 2. The molecule has 1 aromatic rings. The summed E-state index contributed by atoms with van der Waals surface area (Å²) in [6.07, 6.45) is 26.7. The van der Waals surface area contributed by atoms with Gasteiger partial charge >= 0.3 is 0 Å². The van der Waals surface area contributed by atoms with Gasteiger partial charge in [0.2, 0.25) is 5.91 Å². The first-order valence-corrected chi connectivity index (χ1v) is 16.3. The van der Waals surface area contributed by atoms with Gasteiger partial charge in [-0.05, 0) is 31.2 Å². The van der Waals surface area contributed by atoms with E-state index >= 15 is 0 Å². The van der Waals surface area contributed by atoms with Crippen LogP contribution in [0.25, 0.3) is 0 Å². The predicted molar refractivity (Wildman–Crippen MR) is 162 cm³/mol. The smallest absolute Gasteiger partial charge is 0.220 e. The fourth-order valence-corrected chi connectivity index (χ4v) is 5.26. The Morgan fingerprint density at radius 1 is 0.684 bits per heavy atom. The lowest BCUT2D eigenvalue weighted by Gasteiger charge is -2.22. The number of carbonyl (C=O) groups is 1. The zero-order valence-corrected chi connectivity index (χ0v) is 24.8. The molecular weight excluding hydrogens is 470 g/mol. The van der Waals surface area contributed by atoms with E-state index in [4.69, 9.17) is 0 Å². The van der Waals surface area contributed by atoms with Gasteiger partial charge in [-0.25, -0.2) is 0 Å². The normalized spacial score (nSPS) is 12.9. The van der Waals surface area contributed by atoms with Crippen LogP contribution in [-0.2, 0) is 11.2 Å². The average Bonchev–Trinajstić information content (AvgIpc) is 2.93. The molecule has 2 atom stereocenters. The molecule has 0 aliphatic carbocycles. The molecule has 0 saturated heterocycles. The quantitative estimate of drug-likeness (QED) is 0.0995. The minimum Gasteiger partial charge on any atom is -0.394 e. The van der Waals surface area contributed by atoms with Crippen LogP contribution in [0.4, 0.5) is 0 Å². The molecule has 0 fully saturated rings. The fraction of sp³-hybridized carbons (Fsp3) is 0.794. The molecule has 38 heavy (non-hydrogen) atoms. The molecule has 0 radical (unpaired) electrons. The van der Waals surface area contributed by atoms with E-state index in [1.165, 1.54) is 108 Å². The molecule has 0 heterocycles. The van der Waals surface area contributed by atoms with Gasteiger partial charge in [-0.2, -0.15) is 0 Å². The van der Waals surface area contributed by atoms with Crippen molar-refractivity contribution in [3.8, 4) is 0 Å². The number of nitrogens with one attached hydrogen (secondary N) is 1. The summed E-state index contributed by atoms with van der Waals surface area (Å²) in [5, 5.41) is 23.0. The van der Waals surface area contributed by atoms with Gasteiger partial charge in [-0.1, -0.05) is 153 Å². The predicted octanol–water partition coefficient (Wildman–Crippen LogP) is 8.67. The Kier molecular flexibility index (Phi) is 23.6. The molecule has 4 nitrogen and oxygen atoms in total. The van der Waals surface area contributed by atoms with Crippen molar-refractivity contribution in [2.24, 2.45) is 0 Å². The van der Waals surface area contributed by atoms with Crippen molar-refractivity contribution in [2.75, 3.05) is 6.61 Å². The molecule has 0 spiro atoms. The molecule has 0 saturated carbocycles. The minimum atomic E-state index is -0.660. The van der Waals surface area contributed by atoms with Crippen molar-refractivity contribution in [3.63, 3.8) is 0 Å². The Balaban J connectivity index is 1.92. The summed E-state index contributed by atoms with van der Waals surface area (Å²) in [7, 11) is 0. The molecule has 0 aliphatic heterocycles. The van der Waals surface area contributed by atoms with Crippen LogP contribution in [0.1, 0.15) is 154 Å². The van der Waals surface area contributed by atoms with Crippen molar-refractivity contribution in [1.82, 2.24) is 5.32 Å². The van der Waals surface area contributed by atoms with Gasteiger partial charge in [0, 0.05) is 6.42 Å². The molecule has 1 aromatic carbocycles. The summed E-state index contributed by atoms with van der Waals surface area (Å²) < 4.78 is 0. The Hall–Kier alpha value is -1.39. The van der Waals surface area contributed by atoms with Crippen LogP contribution in [0, 0.1) is 0 Å². The highest BCUT2D eigenvalue weighted by atomic mass is 16.3. The minimum absolute atomic E-state index is 0.0451. The number of amides is 1. The molecule has 0 aromatic heterocycles. The van der Waals surface area contributed by atoms with Gasteiger partial charge in [0.1, 0.15) is 0 Å². The SMILES string of the molecule is CCCCCCCCCCCCCCCC(O)[C@H](CO)NC(=O)CCCCCCCCCc1ccccc1. The van der Waals surface area contributed by atoms with Crippen LogP contribution >= 0.6 is 0 Å². The Labute approximate surface area is 235 Å². The molecule has 1 rings (SSSR count). The lowest BCUT2D eigenvalue weighted by atomic mass is 10.0. The summed E-state index contributed by atoms with van der Waals surface area (Å²) in [6, 6.07) is 10.1. The zero-order valence-electron chi connectivity index (χ0n) is 24.8. The maximum atomic E-state index is 12.3. The molecule has 0 bridgehead atoms. The molecule has 1 amide bonds. The molecule has 3 N–H and O–H groups in total.